The highest BCUT2D eigenvalue weighted by Crippen LogP contribution is 2.21. The Labute approximate surface area is 87.0 Å². The molecular formula is C12H21NO. The second-order valence-electron chi connectivity index (χ2n) is 4.03. The smallest absolute Gasteiger partial charge is 0.249 e. The predicted molar refractivity (Wildman–Crippen MR) is 59.1 cm³/mol. The lowest BCUT2D eigenvalue weighted by Gasteiger charge is -2.35. The third-order valence-corrected chi connectivity index (χ3v) is 3.13. The standard InChI is InChI=1S/C12H21NO/c1-4-10(3)12(14)13-9-7-6-8-11(13)5-2/h4,11H,5-9H2,1-3H3. The summed E-state index contributed by atoms with van der Waals surface area (Å²) in [5, 5.41) is 0. The van der Waals surface area contributed by atoms with E-state index in [0.717, 1.165) is 18.5 Å². The number of amides is 1. The van der Waals surface area contributed by atoms with Crippen LogP contribution in [-0.2, 0) is 4.79 Å². The number of nitrogens with zero attached hydrogens (tertiary/aromatic N) is 1. The third kappa shape index (κ3) is 2.37. The van der Waals surface area contributed by atoms with Crippen LogP contribution in [0.1, 0.15) is 46.5 Å². The van der Waals surface area contributed by atoms with Crippen LogP contribution in [0.5, 0.6) is 0 Å². The summed E-state index contributed by atoms with van der Waals surface area (Å²) >= 11 is 0. The van der Waals surface area contributed by atoms with Crippen molar-refractivity contribution in [2.75, 3.05) is 6.54 Å². The molecule has 0 radical (unpaired) electrons. The SMILES string of the molecule is CC=C(C)C(=O)N1CCCCC1CC. The molecule has 0 aromatic heterocycles. The Kier molecular flexibility index (Phi) is 4.18. The minimum atomic E-state index is 0.235. The lowest BCUT2D eigenvalue weighted by atomic mass is 9.99. The molecule has 0 aromatic carbocycles. The van der Waals surface area contributed by atoms with Crippen molar-refractivity contribution < 1.29 is 4.79 Å². The van der Waals surface area contributed by atoms with E-state index in [1.807, 2.05) is 19.9 Å². The van der Waals surface area contributed by atoms with E-state index in [1.165, 1.54) is 19.3 Å². The molecule has 0 N–H and O–H groups in total. The van der Waals surface area contributed by atoms with Crippen molar-refractivity contribution in [1.29, 1.82) is 0 Å². The minimum absolute atomic E-state index is 0.235. The van der Waals surface area contributed by atoms with Gasteiger partial charge in [0, 0.05) is 18.2 Å². The van der Waals surface area contributed by atoms with Gasteiger partial charge >= 0.3 is 0 Å². The molecule has 2 heteroatoms. The number of carbonyl (C=O) groups is 1. The highest BCUT2D eigenvalue weighted by atomic mass is 16.2. The molecule has 0 aliphatic carbocycles. The third-order valence-electron chi connectivity index (χ3n) is 3.13. The van der Waals surface area contributed by atoms with Crippen LogP contribution in [0.3, 0.4) is 0 Å². The maximum Gasteiger partial charge on any atom is 0.249 e. The monoisotopic (exact) mass is 195 g/mol. The molecule has 1 atom stereocenters. The lowest BCUT2D eigenvalue weighted by molar-refractivity contribution is -0.130. The van der Waals surface area contributed by atoms with Gasteiger partial charge in [0.15, 0.2) is 0 Å². The first kappa shape index (κ1) is 11.3. The summed E-state index contributed by atoms with van der Waals surface area (Å²) in [5.41, 5.74) is 0.880. The van der Waals surface area contributed by atoms with Crippen LogP contribution in [0.25, 0.3) is 0 Å². The number of carbonyl (C=O) groups excluding carboxylic acids is 1. The largest absolute Gasteiger partial charge is 0.336 e. The minimum Gasteiger partial charge on any atom is -0.336 e. The molecule has 80 valence electrons. The second-order valence-corrected chi connectivity index (χ2v) is 4.03. The highest BCUT2D eigenvalue weighted by Gasteiger charge is 2.25. The number of rotatable bonds is 2. The van der Waals surface area contributed by atoms with Gasteiger partial charge in [0.1, 0.15) is 0 Å². The molecule has 1 amide bonds. The van der Waals surface area contributed by atoms with Crippen LogP contribution < -0.4 is 0 Å². The maximum absolute atomic E-state index is 12.0. The Morgan fingerprint density at radius 2 is 2.21 bits per heavy atom. The molecule has 0 saturated carbocycles. The maximum atomic E-state index is 12.0. The molecule has 1 heterocycles. The van der Waals surface area contributed by atoms with E-state index >= 15 is 0 Å². The van der Waals surface area contributed by atoms with Crippen LogP contribution in [0.2, 0.25) is 0 Å². The lowest BCUT2D eigenvalue weighted by Crippen LogP contribution is -2.43. The summed E-state index contributed by atoms with van der Waals surface area (Å²) in [6, 6.07) is 0.478. The van der Waals surface area contributed by atoms with Crippen LogP contribution in [0.15, 0.2) is 11.6 Å². The predicted octanol–water partition coefficient (Wildman–Crippen LogP) is 2.74. The molecule has 2 nitrogen and oxygen atoms in total. The van der Waals surface area contributed by atoms with E-state index in [1.54, 1.807) is 0 Å². The molecule has 0 bridgehead atoms. The van der Waals surface area contributed by atoms with Crippen molar-refractivity contribution >= 4 is 5.91 Å². The van der Waals surface area contributed by atoms with E-state index in [0.29, 0.717) is 6.04 Å². The van der Waals surface area contributed by atoms with Crippen molar-refractivity contribution in [2.24, 2.45) is 0 Å². The van der Waals surface area contributed by atoms with Gasteiger partial charge in [-0.15, -0.1) is 0 Å². The zero-order valence-electron chi connectivity index (χ0n) is 9.55. The van der Waals surface area contributed by atoms with E-state index in [-0.39, 0.29) is 5.91 Å². The van der Waals surface area contributed by atoms with Gasteiger partial charge in [0.05, 0.1) is 0 Å². The van der Waals surface area contributed by atoms with Crippen LogP contribution in [0.4, 0.5) is 0 Å². The van der Waals surface area contributed by atoms with Crippen LogP contribution in [-0.4, -0.2) is 23.4 Å². The summed E-state index contributed by atoms with van der Waals surface area (Å²) in [7, 11) is 0. The van der Waals surface area contributed by atoms with Gasteiger partial charge in [0.25, 0.3) is 0 Å². The molecule has 1 unspecified atom stereocenters. The summed E-state index contributed by atoms with van der Waals surface area (Å²) in [4.78, 5) is 14.0. The average Bonchev–Trinajstić information content (AvgIpc) is 2.26. The topological polar surface area (TPSA) is 20.3 Å². The van der Waals surface area contributed by atoms with Crippen molar-refractivity contribution in [2.45, 2.75) is 52.5 Å². The zero-order chi connectivity index (χ0) is 10.6. The van der Waals surface area contributed by atoms with Gasteiger partial charge in [-0.2, -0.15) is 0 Å². The molecule has 1 fully saturated rings. The molecular weight excluding hydrogens is 174 g/mol. The molecule has 1 aliphatic heterocycles. The van der Waals surface area contributed by atoms with Crippen molar-refractivity contribution in [3.63, 3.8) is 0 Å². The average molecular weight is 195 g/mol. The Morgan fingerprint density at radius 3 is 2.79 bits per heavy atom. The fraction of sp³-hybridized carbons (Fsp3) is 0.750. The number of piperidine rings is 1. The van der Waals surface area contributed by atoms with Gasteiger partial charge < -0.3 is 4.90 Å². The summed E-state index contributed by atoms with van der Waals surface area (Å²) < 4.78 is 0. The first-order valence-corrected chi connectivity index (χ1v) is 5.64. The first-order chi connectivity index (χ1) is 6.70. The van der Waals surface area contributed by atoms with E-state index in [2.05, 4.69) is 11.8 Å². The van der Waals surface area contributed by atoms with Crippen molar-refractivity contribution in [3.05, 3.63) is 11.6 Å². The molecule has 1 rings (SSSR count). The number of allylic oxidation sites excluding steroid dienone is 1. The van der Waals surface area contributed by atoms with Crippen molar-refractivity contribution in [3.8, 4) is 0 Å². The summed E-state index contributed by atoms with van der Waals surface area (Å²) in [6.45, 7) is 6.95. The van der Waals surface area contributed by atoms with Gasteiger partial charge in [-0.25, -0.2) is 0 Å². The second kappa shape index (κ2) is 5.18. The molecule has 0 aromatic rings. The molecule has 0 spiro atoms. The first-order valence-electron chi connectivity index (χ1n) is 5.64. The van der Waals surface area contributed by atoms with Crippen molar-refractivity contribution in [1.82, 2.24) is 4.90 Å². The van der Waals surface area contributed by atoms with E-state index in [4.69, 9.17) is 0 Å². The Hall–Kier alpha value is -0.790. The van der Waals surface area contributed by atoms with Gasteiger partial charge in [0.2, 0.25) is 5.91 Å². The fourth-order valence-corrected chi connectivity index (χ4v) is 2.04. The van der Waals surface area contributed by atoms with E-state index < -0.39 is 0 Å². The van der Waals surface area contributed by atoms with Crippen LogP contribution >= 0.6 is 0 Å². The van der Waals surface area contributed by atoms with E-state index in [9.17, 15) is 4.79 Å². The molecule has 1 saturated heterocycles. The highest BCUT2D eigenvalue weighted by molar-refractivity contribution is 5.93. The Balaban J connectivity index is 2.68. The van der Waals surface area contributed by atoms with Crippen LogP contribution in [0, 0.1) is 0 Å². The zero-order valence-corrected chi connectivity index (χ0v) is 9.55. The summed E-state index contributed by atoms with van der Waals surface area (Å²) in [6.07, 6.45) is 6.61. The number of likely N-dealkylation sites (tertiary alicyclic amines) is 1. The normalized spacial score (nSPS) is 23.8. The quantitative estimate of drug-likeness (QED) is 0.620. The molecule has 14 heavy (non-hydrogen) atoms. The number of hydrogen-bond acceptors (Lipinski definition) is 1. The van der Waals surface area contributed by atoms with Gasteiger partial charge in [-0.1, -0.05) is 13.0 Å². The molecule has 1 aliphatic rings. The Morgan fingerprint density at radius 1 is 1.50 bits per heavy atom. The Bertz CT molecular complexity index is 232. The van der Waals surface area contributed by atoms with Gasteiger partial charge in [-0.3, -0.25) is 4.79 Å². The fourth-order valence-electron chi connectivity index (χ4n) is 2.04. The van der Waals surface area contributed by atoms with Gasteiger partial charge in [-0.05, 0) is 39.5 Å². The summed E-state index contributed by atoms with van der Waals surface area (Å²) in [5.74, 6) is 0.235. The number of hydrogen-bond donors (Lipinski definition) is 0.